The van der Waals surface area contributed by atoms with Crippen molar-refractivity contribution in [3.63, 3.8) is 0 Å². The molecular weight excluding hydrogens is 702 g/mol. The Hall–Kier alpha value is -3.31. The number of carbonyl (C=O) groups excluding carboxylic acids is 5. The predicted octanol–water partition coefficient (Wildman–Crippen LogP) is 4.06. The molecule has 2 heterocycles. The minimum Gasteiger partial charge on any atom is -0.379 e. The van der Waals surface area contributed by atoms with E-state index in [0.717, 1.165) is 30.8 Å². The van der Waals surface area contributed by atoms with E-state index in [9.17, 15) is 24.0 Å². The Morgan fingerprint density at radius 1 is 0.648 bits per heavy atom. The first-order chi connectivity index (χ1) is 26.4. The molecule has 2 aliphatic heterocycles. The van der Waals surface area contributed by atoms with Gasteiger partial charge in [0.1, 0.15) is 6.04 Å². The summed E-state index contributed by atoms with van der Waals surface area (Å²) in [5.41, 5.74) is 0.398. The lowest BCUT2D eigenvalue weighted by molar-refractivity contribution is -0.136. The van der Waals surface area contributed by atoms with Crippen LogP contribution in [0.5, 0.6) is 0 Å². The highest BCUT2D eigenvalue weighted by Gasteiger charge is 2.45. The number of anilines is 1. The molecule has 1 atom stereocenters. The Kier molecular flexibility index (Phi) is 23.5. The van der Waals surface area contributed by atoms with Gasteiger partial charge in [0.15, 0.2) is 0 Å². The second-order valence-electron chi connectivity index (χ2n) is 13.1. The number of hydrogen-bond donors (Lipinski definition) is 2. The maximum Gasteiger partial charge on any atom is 0.264 e. The molecule has 2 N–H and O–H groups in total. The van der Waals surface area contributed by atoms with Gasteiger partial charge in [-0.2, -0.15) is 0 Å². The van der Waals surface area contributed by atoms with Crippen molar-refractivity contribution >= 4 is 35.2 Å². The fourth-order valence-electron chi connectivity index (χ4n) is 5.90. The monoisotopic (exact) mass is 763 g/mol. The molecule has 2 aliphatic rings. The minimum atomic E-state index is -1.07. The zero-order chi connectivity index (χ0) is 38.6. The molecule has 1 aromatic rings. The fraction of sp³-hybridized carbons (Fsp3) is 0.718. The van der Waals surface area contributed by atoms with Gasteiger partial charge >= 0.3 is 0 Å². The number of fused-ring (bicyclic) bond motifs is 1. The number of amides is 5. The van der Waals surface area contributed by atoms with E-state index in [-0.39, 0.29) is 42.0 Å². The molecule has 1 aromatic carbocycles. The minimum absolute atomic E-state index is 0.0327. The van der Waals surface area contributed by atoms with Crippen molar-refractivity contribution in [2.75, 3.05) is 97.8 Å². The number of unbranched alkanes of at least 4 members (excludes halogenated alkanes) is 7. The summed E-state index contributed by atoms with van der Waals surface area (Å²) in [4.78, 5) is 63.5. The largest absolute Gasteiger partial charge is 0.379 e. The molecule has 1 unspecified atom stereocenters. The van der Waals surface area contributed by atoms with Crippen molar-refractivity contribution in [1.29, 1.82) is 0 Å². The van der Waals surface area contributed by atoms with Crippen LogP contribution >= 0.6 is 0 Å². The molecule has 1 fully saturated rings. The van der Waals surface area contributed by atoms with Gasteiger partial charge in [0.25, 0.3) is 11.8 Å². The highest BCUT2D eigenvalue weighted by molar-refractivity contribution is 6.26. The summed E-state index contributed by atoms with van der Waals surface area (Å²) in [5.74, 6) is -2.69. The maximum absolute atomic E-state index is 13.2. The van der Waals surface area contributed by atoms with Crippen LogP contribution in [-0.2, 0) is 47.5 Å². The van der Waals surface area contributed by atoms with E-state index in [1.54, 1.807) is 12.1 Å². The molecule has 304 valence electrons. The van der Waals surface area contributed by atoms with Gasteiger partial charge in [-0.1, -0.05) is 51.5 Å². The number of nitrogens with one attached hydrogen (secondary N) is 2. The molecule has 0 spiro atoms. The van der Waals surface area contributed by atoms with E-state index in [1.165, 1.54) is 38.2 Å². The maximum atomic E-state index is 13.2. The lowest BCUT2D eigenvalue weighted by Gasteiger charge is -2.27. The first-order valence-electron chi connectivity index (χ1n) is 19.6. The van der Waals surface area contributed by atoms with Crippen molar-refractivity contribution in [2.24, 2.45) is 0 Å². The number of nitrogens with zero attached hydrogens (tertiary/aromatic N) is 1. The van der Waals surface area contributed by atoms with E-state index in [2.05, 4.69) is 17.6 Å². The quantitative estimate of drug-likeness (QED) is 0.0777. The molecule has 15 heteroatoms. The van der Waals surface area contributed by atoms with Crippen LogP contribution in [0.1, 0.15) is 105 Å². The summed E-state index contributed by atoms with van der Waals surface area (Å²) in [6.45, 7) is 9.70. The normalized spacial score (nSPS) is 15.6. The van der Waals surface area contributed by atoms with Gasteiger partial charge in [-0.05, 0) is 37.8 Å². The van der Waals surface area contributed by atoms with Crippen LogP contribution in [0, 0.1) is 0 Å². The summed E-state index contributed by atoms with van der Waals surface area (Å²) < 4.78 is 38.7. The second-order valence-corrected chi connectivity index (χ2v) is 13.1. The van der Waals surface area contributed by atoms with Crippen LogP contribution in [0.15, 0.2) is 18.2 Å². The molecule has 54 heavy (non-hydrogen) atoms. The first kappa shape index (κ1) is 45.1. The Bertz CT molecular complexity index is 1280. The van der Waals surface area contributed by atoms with Gasteiger partial charge in [-0.25, -0.2) is 0 Å². The van der Waals surface area contributed by atoms with Gasteiger partial charge in [-0.3, -0.25) is 34.2 Å². The van der Waals surface area contributed by atoms with Gasteiger partial charge in [0.05, 0.1) is 96.1 Å². The van der Waals surface area contributed by atoms with Crippen molar-refractivity contribution in [3.05, 3.63) is 29.3 Å². The zero-order valence-electron chi connectivity index (χ0n) is 32.0. The van der Waals surface area contributed by atoms with E-state index in [0.29, 0.717) is 92.3 Å². The molecule has 1 saturated heterocycles. The Morgan fingerprint density at radius 3 is 1.65 bits per heavy atom. The number of benzene rings is 1. The van der Waals surface area contributed by atoms with E-state index >= 15 is 0 Å². The summed E-state index contributed by atoms with van der Waals surface area (Å²) in [5, 5.41) is 4.91. The van der Waals surface area contributed by atoms with Crippen molar-refractivity contribution in [3.8, 4) is 0 Å². The van der Waals surface area contributed by atoms with E-state index in [1.807, 2.05) is 0 Å². The van der Waals surface area contributed by atoms with Crippen LogP contribution in [0.25, 0.3) is 0 Å². The number of rotatable bonds is 33. The zero-order valence-corrected chi connectivity index (χ0v) is 32.0. The van der Waals surface area contributed by atoms with E-state index in [4.69, 9.17) is 33.2 Å². The third-order valence-corrected chi connectivity index (χ3v) is 8.81. The summed E-state index contributed by atoms with van der Waals surface area (Å²) >= 11 is 0. The predicted molar refractivity (Wildman–Crippen MR) is 199 cm³/mol. The summed E-state index contributed by atoms with van der Waals surface area (Å²) in [6, 6.07) is 3.55. The molecule has 5 amide bonds. The SMILES string of the molecule is CCCCCCCCOCCOCCOCCOCCOCCOCCOCCCCCC(=O)Nc1cccc2c1C(=O)N(C1CCC(=O)NC1=O)C2=O. The van der Waals surface area contributed by atoms with E-state index < -0.39 is 29.7 Å². The molecule has 0 bridgehead atoms. The average molecular weight is 764 g/mol. The first-order valence-corrected chi connectivity index (χ1v) is 19.6. The molecule has 15 nitrogen and oxygen atoms in total. The van der Waals surface area contributed by atoms with Crippen molar-refractivity contribution < 1.29 is 57.1 Å². The fourth-order valence-corrected chi connectivity index (χ4v) is 5.90. The topological polar surface area (TPSA) is 177 Å². The number of imide groups is 2. The highest BCUT2D eigenvalue weighted by Crippen LogP contribution is 2.32. The average Bonchev–Trinajstić information content (AvgIpc) is 3.41. The lowest BCUT2D eigenvalue weighted by atomic mass is 10.0. The highest BCUT2D eigenvalue weighted by atomic mass is 16.6. The van der Waals surface area contributed by atoms with Crippen molar-refractivity contribution in [1.82, 2.24) is 10.2 Å². The second kappa shape index (κ2) is 28.1. The van der Waals surface area contributed by atoms with Gasteiger partial charge < -0.3 is 38.5 Å². The molecule has 3 rings (SSSR count). The summed E-state index contributed by atoms with van der Waals surface area (Å²) in [7, 11) is 0. The smallest absolute Gasteiger partial charge is 0.264 e. The van der Waals surface area contributed by atoms with Gasteiger partial charge in [-0.15, -0.1) is 0 Å². The van der Waals surface area contributed by atoms with Crippen LogP contribution < -0.4 is 10.6 Å². The Balaban J connectivity index is 1.05. The van der Waals surface area contributed by atoms with Crippen LogP contribution in [0.3, 0.4) is 0 Å². The third-order valence-electron chi connectivity index (χ3n) is 8.81. The number of hydrogen-bond acceptors (Lipinski definition) is 12. The Labute approximate surface area is 319 Å². The Morgan fingerprint density at radius 2 is 1.13 bits per heavy atom. The standard InChI is InChI=1S/C39H61N3O12/c1-2-3-4-5-6-9-17-48-19-21-50-23-25-52-27-29-54-30-28-53-26-24-51-22-20-49-18-10-7-8-14-34(43)40-32-13-11-12-31-36(32)39(47)42(38(31)46)33-15-16-35(44)41-37(33)45/h11-13,33H,2-10,14-30H2,1H3,(H,40,43)(H,41,44,45). The number of piperidine rings is 1. The van der Waals surface area contributed by atoms with Gasteiger partial charge in [0.2, 0.25) is 17.7 Å². The van der Waals surface area contributed by atoms with Crippen LogP contribution in [-0.4, -0.2) is 133 Å². The third kappa shape index (κ3) is 17.4. The number of ether oxygens (including phenoxy) is 7. The number of carbonyl (C=O) groups is 5. The summed E-state index contributed by atoms with van der Waals surface area (Å²) in [6.07, 6.45) is 10.1. The van der Waals surface area contributed by atoms with Gasteiger partial charge in [0, 0.05) is 26.1 Å². The molecule has 0 radical (unpaired) electrons. The van der Waals surface area contributed by atoms with Crippen LogP contribution in [0.4, 0.5) is 5.69 Å². The molecule has 0 saturated carbocycles. The van der Waals surface area contributed by atoms with Crippen molar-refractivity contribution in [2.45, 2.75) is 90.0 Å². The lowest BCUT2D eigenvalue weighted by Crippen LogP contribution is -2.54. The molecule has 0 aliphatic carbocycles. The molecule has 0 aromatic heterocycles. The van der Waals surface area contributed by atoms with Crippen LogP contribution in [0.2, 0.25) is 0 Å². The molecular formula is C39H61N3O12.